The highest BCUT2D eigenvalue weighted by Gasteiger charge is 2.23. The number of nitro groups is 1. The molecule has 2 rings (SSSR count). The highest BCUT2D eigenvalue weighted by molar-refractivity contribution is 5.95. The highest BCUT2D eigenvalue weighted by Crippen LogP contribution is 2.29. The molecule has 1 aliphatic rings. The molecule has 0 aliphatic heterocycles. The number of rotatable bonds is 4. The first kappa shape index (κ1) is 15.2. The monoisotopic (exact) mass is 293 g/mol. The zero-order valence-corrected chi connectivity index (χ0v) is 11.8. The second kappa shape index (κ2) is 6.53. The molecule has 3 N–H and O–H groups in total. The van der Waals surface area contributed by atoms with Gasteiger partial charge in [0.05, 0.1) is 11.0 Å². The van der Waals surface area contributed by atoms with Crippen LogP contribution in [0.4, 0.5) is 11.4 Å². The topological polar surface area (TPSA) is 104 Å². The number of nitrogens with one attached hydrogen (secondary N) is 2. The minimum atomic E-state index is -0.494. The number of nitrogens with zero attached hydrogens (tertiary/aromatic N) is 1. The summed E-state index contributed by atoms with van der Waals surface area (Å²) in [4.78, 5) is 22.2. The van der Waals surface area contributed by atoms with Crippen LogP contribution in [0.3, 0.4) is 0 Å². The zero-order valence-electron chi connectivity index (χ0n) is 11.8. The van der Waals surface area contributed by atoms with Crippen molar-refractivity contribution in [3.8, 4) is 0 Å². The van der Waals surface area contributed by atoms with Gasteiger partial charge in [-0.3, -0.25) is 14.9 Å². The smallest absolute Gasteiger partial charge is 0.293 e. The van der Waals surface area contributed by atoms with Gasteiger partial charge in [0.25, 0.3) is 11.6 Å². The molecule has 7 nitrogen and oxygen atoms in total. The highest BCUT2D eigenvalue weighted by atomic mass is 16.6. The lowest BCUT2D eigenvalue weighted by Gasteiger charge is -2.26. The quantitative estimate of drug-likeness (QED) is 0.578. The lowest BCUT2D eigenvalue weighted by atomic mass is 9.93. The van der Waals surface area contributed by atoms with Gasteiger partial charge < -0.3 is 15.7 Å². The number of anilines is 1. The van der Waals surface area contributed by atoms with Crippen molar-refractivity contribution in [3.63, 3.8) is 0 Å². The number of hydrogen-bond acceptors (Lipinski definition) is 5. The molecular weight excluding hydrogens is 274 g/mol. The Morgan fingerprint density at radius 1 is 1.33 bits per heavy atom. The molecule has 1 aromatic carbocycles. The minimum absolute atomic E-state index is 0.109. The summed E-state index contributed by atoms with van der Waals surface area (Å²) < 4.78 is 0. The van der Waals surface area contributed by atoms with Crippen LogP contribution >= 0.6 is 0 Å². The largest absolute Gasteiger partial charge is 0.393 e. The van der Waals surface area contributed by atoms with Crippen LogP contribution in [-0.4, -0.2) is 35.1 Å². The van der Waals surface area contributed by atoms with Crippen LogP contribution in [0.25, 0.3) is 0 Å². The van der Waals surface area contributed by atoms with E-state index in [1.165, 1.54) is 13.1 Å². The summed E-state index contributed by atoms with van der Waals surface area (Å²) >= 11 is 0. The molecule has 0 spiro atoms. The SMILES string of the molecule is CNC(=O)c1ccc(NC2CCC(O)CC2)c([N+](=O)[O-])c1. The molecule has 1 amide bonds. The predicted molar refractivity (Wildman–Crippen MR) is 78.4 cm³/mol. The first-order chi connectivity index (χ1) is 10.0. The Hall–Kier alpha value is -2.15. The molecule has 21 heavy (non-hydrogen) atoms. The van der Waals surface area contributed by atoms with Crippen LogP contribution in [0.15, 0.2) is 18.2 Å². The van der Waals surface area contributed by atoms with Gasteiger partial charge in [-0.25, -0.2) is 0 Å². The number of benzene rings is 1. The Morgan fingerprint density at radius 3 is 2.57 bits per heavy atom. The molecule has 1 saturated carbocycles. The molecule has 1 aliphatic carbocycles. The van der Waals surface area contributed by atoms with E-state index in [9.17, 15) is 20.0 Å². The van der Waals surface area contributed by atoms with Crippen molar-refractivity contribution < 1.29 is 14.8 Å². The van der Waals surface area contributed by atoms with E-state index in [2.05, 4.69) is 10.6 Å². The van der Waals surface area contributed by atoms with Crippen molar-refractivity contribution >= 4 is 17.3 Å². The fraction of sp³-hybridized carbons (Fsp3) is 0.500. The molecule has 1 aromatic rings. The fourth-order valence-corrected chi connectivity index (χ4v) is 2.53. The summed E-state index contributed by atoms with van der Waals surface area (Å²) in [5.74, 6) is -0.356. The van der Waals surface area contributed by atoms with Crippen LogP contribution in [-0.2, 0) is 0 Å². The van der Waals surface area contributed by atoms with E-state index in [0.29, 0.717) is 18.5 Å². The number of aliphatic hydroxyl groups excluding tert-OH is 1. The number of aliphatic hydroxyl groups is 1. The minimum Gasteiger partial charge on any atom is -0.393 e. The van der Waals surface area contributed by atoms with Crippen LogP contribution in [0.5, 0.6) is 0 Å². The Kier molecular flexibility index (Phi) is 4.74. The van der Waals surface area contributed by atoms with E-state index in [1.807, 2.05) is 0 Å². The second-order valence-electron chi connectivity index (χ2n) is 5.22. The first-order valence-corrected chi connectivity index (χ1v) is 6.96. The molecule has 0 heterocycles. The summed E-state index contributed by atoms with van der Waals surface area (Å²) in [7, 11) is 1.48. The van der Waals surface area contributed by atoms with Gasteiger partial charge in [-0.15, -0.1) is 0 Å². The van der Waals surface area contributed by atoms with Crippen molar-refractivity contribution in [1.29, 1.82) is 0 Å². The summed E-state index contributed by atoms with van der Waals surface area (Å²) in [6, 6.07) is 4.51. The Balaban J connectivity index is 2.18. The van der Waals surface area contributed by atoms with E-state index in [4.69, 9.17) is 0 Å². The average Bonchev–Trinajstić information content (AvgIpc) is 2.49. The number of nitro benzene ring substituents is 1. The lowest BCUT2D eigenvalue weighted by Crippen LogP contribution is -2.28. The van der Waals surface area contributed by atoms with Gasteiger partial charge in [0, 0.05) is 24.7 Å². The molecule has 0 aromatic heterocycles. The van der Waals surface area contributed by atoms with Gasteiger partial charge in [0.15, 0.2) is 0 Å². The summed E-state index contributed by atoms with van der Waals surface area (Å²) in [5.41, 5.74) is 0.560. The number of carbonyl (C=O) groups excluding carboxylic acids is 1. The molecule has 0 unspecified atom stereocenters. The maximum absolute atomic E-state index is 11.5. The molecule has 7 heteroatoms. The van der Waals surface area contributed by atoms with E-state index in [1.54, 1.807) is 12.1 Å². The molecule has 0 atom stereocenters. The normalized spacial score (nSPS) is 21.6. The number of amides is 1. The average molecular weight is 293 g/mol. The van der Waals surface area contributed by atoms with Crippen molar-refractivity contribution in [1.82, 2.24) is 5.32 Å². The van der Waals surface area contributed by atoms with E-state index in [0.717, 1.165) is 12.8 Å². The lowest BCUT2D eigenvalue weighted by molar-refractivity contribution is -0.384. The van der Waals surface area contributed by atoms with Crippen LogP contribution in [0, 0.1) is 10.1 Å². The fourth-order valence-electron chi connectivity index (χ4n) is 2.53. The van der Waals surface area contributed by atoms with Crippen molar-refractivity contribution in [2.45, 2.75) is 37.8 Å². The summed E-state index contributed by atoms with van der Waals surface area (Å²) in [5, 5.41) is 26.2. The third kappa shape index (κ3) is 3.69. The molecule has 114 valence electrons. The van der Waals surface area contributed by atoms with Gasteiger partial charge in [-0.05, 0) is 37.8 Å². The standard InChI is InChI=1S/C14H19N3O4/c1-15-14(19)9-2-7-12(13(8-9)17(20)21)16-10-3-5-11(18)6-4-10/h2,7-8,10-11,16,18H,3-6H2,1H3,(H,15,19). The molecule has 0 saturated heterocycles. The van der Waals surface area contributed by atoms with Gasteiger partial charge in [-0.1, -0.05) is 0 Å². The van der Waals surface area contributed by atoms with Gasteiger partial charge >= 0.3 is 0 Å². The number of hydrogen-bond donors (Lipinski definition) is 3. The summed E-state index contributed by atoms with van der Waals surface area (Å²) in [6.45, 7) is 0. The van der Waals surface area contributed by atoms with Gasteiger partial charge in [0.1, 0.15) is 5.69 Å². The molecule has 0 radical (unpaired) electrons. The third-order valence-electron chi connectivity index (χ3n) is 3.74. The van der Waals surface area contributed by atoms with E-state index >= 15 is 0 Å². The maximum Gasteiger partial charge on any atom is 0.293 e. The van der Waals surface area contributed by atoms with Crippen molar-refractivity contribution in [3.05, 3.63) is 33.9 Å². The van der Waals surface area contributed by atoms with E-state index < -0.39 is 4.92 Å². The summed E-state index contributed by atoms with van der Waals surface area (Å²) in [6.07, 6.45) is 2.67. The molecule has 0 bridgehead atoms. The molecule has 1 fully saturated rings. The Morgan fingerprint density at radius 2 is 2.00 bits per heavy atom. The maximum atomic E-state index is 11.5. The van der Waals surface area contributed by atoms with E-state index in [-0.39, 0.29) is 29.3 Å². The van der Waals surface area contributed by atoms with Crippen LogP contribution in [0.1, 0.15) is 36.0 Å². The zero-order chi connectivity index (χ0) is 15.4. The first-order valence-electron chi connectivity index (χ1n) is 6.96. The van der Waals surface area contributed by atoms with Crippen molar-refractivity contribution in [2.75, 3.05) is 12.4 Å². The Bertz CT molecular complexity index is 539. The number of carbonyl (C=O) groups is 1. The molecular formula is C14H19N3O4. The Labute approximate surface area is 122 Å². The second-order valence-corrected chi connectivity index (χ2v) is 5.22. The predicted octanol–water partition coefficient (Wildman–Crippen LogP) is 1.67. The third-order valence-corrected chi connectivity index (χ3v) is 3.74. The van der Waals surface area contributed by atoms with Gasteiger partial charge in [-0.2, -0.15) is 0 Å². The van der Waals surface area contributed by atoms with Crippen molar-refractivity contribution in [2.24, 2.45) is 0 Å². The van der Waals surface area contributed by atoms with Crippen LogP contribution < -0.4 is 10.6 Å². The van der Waals surface area contributed by atoms with Crippen LogP contribution in [0.2, 0.25) is 0 Å². The van der Waals surface area contributed by atoms with Gasteiger partial charge in [0.2, 0.25) is 0 Å².